The van der Waals surface area contributed by atoms with Gasteiger partial charge in [-0.05, 0) is 24.8 Å². The fraction of sp³-hybridized carbons (Fsp3) is 0.417. The lowest BCUT2D eigenvalue weighted by Gasteiger charge is -2.33. The zero-order chi connectivity index (χ0) is 10.7. The quantitative estimate of drug-likeness (QED) is 0.755. The van der Waals surface area contributed by atoms with Crippen molar-refractivity contribution in [1.29, 1.82) is 0 Å². The third-order valence-electron chi connectivity index (χ3n) is 3.11. The van der Waals surface area contributed by atoms with Gasteiger partial charge < -0.3 is 5.32 Å². The molecule has 0 spiro atoms. The Balaban J connectivity index is 2.23. The Morgan fingerprint density at radius 1 is 1.40 bits per heavy atom. The minimum atomic E-state index is -0.233. The van der Waals surface area contributed by atoms with Crippen LogP contribution in [0.3, 0.4) is 0 Å². The zero-order valence-corrected chi connectivity index (χ0v) is 8.45. The Morgan fingerprint density at radius 3 is 2.67 bits per heavy atom. The lowest BCUT2D eigenvalue weighted by atomic mass is 9.77. The normalized spacial score (nSPS) is 17.9. The van der Waals surface area contributed by atoms with E-state index in [-0.39, 0.29) is 11.9 Å². The maximum absolute atomic E-state index is 13.5. The highest BCUT2D eigenvalue weighted by Gasteiger charge is 2.29. The summed E-state index contributed by atoms with van der Waals surface area (Å²) in [6.07, 6.45) is 3.98. The minimum absolute atomic E-state index is 0.155. The van der Waals surface area contributed by atoms with Crippen LogP contribution in [-0.4, -0.2) is 6.41 Å². The SMILES string of the molecule is O=CNC(c1ccccc1F)C1CCC1. The number of benzene rings is 1. The summed E-state index contributed by atoms with van der Waals surface area (Å²) in [5.41, 5.74) is 0.606. The van der Waals surface area contributed by atoms with Crippen LogP contribution in [0.2, 0.25) is 0 Å². The van der Waals surface area contributed by atoms with Crippen LogP contribution in [0, 0.1) is 11.7 Å². The second-order valence-corrected chi connectivity index (χ2v) is 3.97. The summed E-state index contributed by atoms with van der Waals surface area (Å²) in [7, 11) is 0. The molecule has 1 aliphatic carbocycles. The molecule has 1 unspecified atom stereocenters. The largest absolute Gasteiger partial charge is 0.351 e. The van der Waals surface area contributed by atoms with Crippen LogP contribution in [0.1, 0.15) is 30.9 Å². The summed E-state index contributed by atoms with van der Waals surface area (Å²) in [6.45, 7) is 0. The van der Waals surface area contributed by atoms with Crippen LogP contribution in [0.5, 0.6) is 0 Å². The van der Waals surface area contributed by atoms with Gasteiger partial charge in [0.25, 0.3) is 0 Å². The van der Waals surface area contributed by atoms with Gasteiger partial charge in [0.15, 0.2) is 0 Å². The highest BCUT2D eigenvalue weighted by atomic mass is 19.1. The Kier molecular flexibility index (Phi) is 2.99. The molecule has 0 heterocycles. The van der Waals surface area contributed by atoms with E-state index in [0.29, 0.717) is 17.9 Å². The molecule has 0 saturated heterocycles. The molecule has 1 aromatic carbocycles. The van der Waals surface area contributed by atoms with Gasteiger partial charge in [-0.25, -0.2) is 4.39 Å². The molecule has 3 heteroatoms. The first-order chi connectivity index (χ1) is 7.33. The molecule has 0 radical (unpaired) electrons. The lowest BCUT2D eigenvalue weighted by Crippen LogP contribution is -2.32. The molecular weight excluding hydrogens is 193 g/mol. The summed E-state index contributed by atoms with van der Waals surface area (Å²) in [6, 6.07) is 6.49. The molecule has 1 aliphatic rings. The highest BCUT2D eigenvalue weighted by Crippen LogP contribution is 2.38. The number of carbonyl (C=O) groups is 1. The topological polar surface area (TPSA) is 29.1 Å². The van der Waals surface area contributed by atoms with Crippen molar-refractivity contribution in [3.8, 4) is 0 Å². The molecule has 1 saturated carbocycles. The van der Waals surface area contributed by atoms with Crippen LogP contribution < -0.4 is 5.32 Å². The predicted octanol–water partition coefficient (Wildman–Crippen LogP) is 2.41. The molecule has 0 bridgehead atoms. The third-order valence-corrected chi connectivity index (χ3v) is 3.11. The first kappa shape index (κ1) is 10.1. The molecule has 1 fully saturated rings. The van der Waals surface area contributed by atoms with E-state index in [1.54, 1.807) is 18.2 Å². The number of nitrogens with one attached hydrogen (secondary N) is 1. The number of halogens is 1. The van der Waals surface area contributed by atoms with Crippen molar-refractivity contribution >= 4 is 6.41 Å². The Bertz CT molecular complexity index is 349. The van der Waals surface area contributed by atoms with Crippen molar-refractivity contribution in [2.45, 2.75) is 25.3 Å². The average Bonchev–Trinajstić information content (AvgIpc) is 2.15. The minimum Gasteiger partial charge on any atom is -0.351 e. The predicted molar refractivity (Wildman–Crippen MR) is 55.7 cm³/mol. The van der Waals surface area contributed by atoms with E-state index in [1.807, 2.05) is 0 Å². The van der Waals surface area contributed by atoms with E-state index in [0.717, 1.165) is 12.8 Å². The van der Waals surface area contributed by atoms with Gasteiger partial charge in [0.1, 0.15) is 5.82 Å². The van der Waals surface area contributed by atoms with Crippen LogP contribution in [0.25, 0.3) is 0 Å². The average molecular weight is 207 g/mol. The van der Waals surface area contributed by atoms with Crippen molar-refractivity contribution < 1.29 is 9.18 Å². The van der Waals surface area contributed by atoms with Crippen LogP contribution in [0.15, 0.2) is 24.3 Å². The number of carbonyl (C=O) groups excluding carboxylic acids is 1. The molecule has 2 rings (SSSR count). The summed E-state index contributed by atoms with van der Waals surface area (Å²) >= 11 is 0. The van der Waals surface area contributed by atoms with E-state index in [9.17, 15) is 9.18 Å². The van der Waals surface area contributed by atoms with E-state index < -0.39 is 0 Å². The smallest absolute Gasteiger partial charge is 0.207 e. The fourth-order valence-corrected chi connectivity index (χ4v) is 2.05. The second-order valence-electron chi connectivity index (χ2n) is 3.97. The maximum Gasteiger partial charge on any atom is 0.207 e. The molecule has 0 aliphatic heterocycles. The molecule has 80 valence electrons. The number of hydrogen-bond acceptors (Lipinski definition) is 1. The van der Waals surface area contributed by atoms with Crippen molar-refractivity contribution in [2.24, 2.45) is 5.92 Å². The number of rotatable bonds is 4. The van der Waals surface area contributed by atoms with Gasteiger partial charge in [0, 0.05) is 5.56 Å². The van der Waals surface area contributed by atoms with E-state index in [4.69, 9.17) is 0 Å². The molecule has 2 nitrogen and oxygen atoms in total. The Morgan fingerprint density at radius 2 is 2.13 bits per heavy atom. The van der Waals surface area contributed by atoms with Gasteiger partial charge in [-0.1, -0.05) is 24.6 Å². The first-order valence-corrected chi connectivity index (χ1v) is 5.27. The van der Waals surface area contributed by atoms with Crippen molar-refractivity contribution in [3.63, 3.8) is 0 Å². The van der Waals surface area contributed by atoms with Crippen LogP contribution >= 0.6 is 0 Å². The summed E-state index contributed by atoms with van der Waals surface area (Å²) in [5.74, 6) is 0.163. The van der Waals surface area contributed by atoms with Gasteiger partial charge in [0.2, 0.25) is 6.41 Å². The Labute approximate surface area is 88.5 Å². The molecule has 1 N–H and O–H groups in total. The van der Waals surface area contributed by atoms with E-state index in [1.165, 1.54) is 12.5 Å². The van der Waals surface area contributed by atoms with Crippen molar-refractivity contribution in [3.05, 3.63) is 35.6 Å². The lowest BCUT2D eigenvalue weighted by molar-refractivity contribution is -0.110. The zero-order valence-electron chi connectivity index (χ0n) is 8.45. The number of hydrogen-bond donors (Lipinski definition) is 1. The van der Waals surface area contributed by atoms with Crippen LogP contribution in [-0.2, 0) is 4.79 Å². The van der Waals surface area contributed by atoms with Gasteiger partial charge >= 0.3 is 0 Å². The molecule has 1 aromatic rings. The number of amides is 1. The van der Waals surface area contributed by atoms with Crippen molar-refractivity contribution in [1.82, 2.24) is 5.32 Å². The van der Waals surface area contributed by atoms with Gasteiger partial charge in [0.05, 0.1) is 6.04 Å². The highest BCUT2D eigenvalue weighted by molar-refractivity contribution is 5.48. The molecule has 1 amide bonds. The van der Waals surface area contributed by atoms with Gasteiger partial charge in [-0.2, -0.15) is 0 Å². The Hall–Kier alpha value is -1.38. The summed E-state index contributed by atoms with van der Waals surface area (Å²) in [5, 5.41) is 2.72. The standard InChI is InChI=1S/C12H14FNO/c13-11-7-2-1-6-10(11)12(14-8-15)9-4-3-5-9/h1-2,6-9,12H,3-5H2,(H,14,15). The summed E-state index contributed by atoms with van der Waals surface area (Å²) < 4.78 is 13.5. The molecule has 1 atom stereocenters. The van der Waals surface area contributed by atoms with Gasteiger partial charge in [-0.15, -0.1) is 0 Å². The maximum atomic E-state index is 13.5. The molecule has 15 heavy (non-hydrogen) atoms. The summed E-state index contributed by atoms with van der Waals surface area (Å²) in [4.78, 5) is 10.5. The molecule has 0 aromatic heterocycles. The van der Waals surface area contributed by atoms with Crippen molar-refractivity contribution in [2.75, 3.05) is 0 Å². The first-order valence-electron chi connectivity index (χ1n) is 5.27. The van der Waals surface area contributed by atoms with E-state index >= 15 is 0 Å². The van der Waals surface area contributed by atoms with E-state index in [2.05, 4.69) is 5.32 Å². The molecular formula is C12H14FNO. The van der Waals surface area contributed by atoms with Gasteiger partial charge in [-0.3, -0.25) is 4.79 Å². The second kappa shape index (κ2) is 4.43. The monoisotopic (exact) mass is 207 g/mol. The fourth-order valence-electron chi connectivity index (χ4n) is 2.05. The van der Waals surface area contributed by atoms with Crippen LogP contribution in [0.4, 0.5) is 4.39 Å². The third kappa shape index (κ3) is 2.01.